The van der Waals surface area contributed by atoms with E-state index in [0.717, 1.165) is 24.1 Å². The van der Waals surface area contributed by atoms with Crippen LogP contribution >= 0.6 is 22.9 Å². The highest BCUT2D eigenvalue weighted by Gasteiger charge is 2.33. The number of amides is 2. The normalized spacial score (nSPS) is 18.6. The molecule has 176 valence electrons. The Morgan fingerprint density at radius 3 is 2.44 bits per heavy atom. The van der Waals surface area contributed by atoms with Gasteiger partial charge in [-0.05, 0) is 65.4 Å². The molecule has 2 aliphatic heterocycles. The minimum absolute atomic E-state index is 0.0404. The second-order valence-corrected chi connectivity index (χ2v) is 10.1. The van der Waals surface area contributed by atoms with Crippen molar-refractivity contribution in [2.45, 2.75) is 12.5 Å². The molecule has 34 heavy (non-hydrogen) atoms. The maximum Gasteiger partial charge on any atom is 0.253 e. The Hall–Kier alpha value is -2.74. The smallest absolute Gasteiger partial charge is 0.253 e. The molecule has 0 spiro atoms. The molecule has 0 saturated carbocycles. The molecule has 1 atom stereocenters. The summed E-state index contributed by atoms with van der Waals surface area (Å²) in [6, 6.07) is 15.5. The number of thiophene rings is 1. The largest absolute Gasteiger partial charge is 0.338 e. The predicted octanol–water partition coefficient (Wildman–Crippen LogP) is 4.47. The van der Waals surface area contributed by atoms with Crippen molar-refractivity contribution in [3.05, 3.63) is 92.4 Å². The summed E-state index contributed by atoms with van der Waals surface area (Å²) in [5.74, 6) is -0.276. The molecule has 1 aromatic heterocycles. The van der Waals surface area contributed by atoms with Gasteiger partial charge in [-0.2, -0.15) is 0 Å². The van der Waals surface area contributed by atoms with Crippen LogP contribution in [0.15, 0.2) is 60.0 Å². The standard InChI is InChI=1S/C26H25ClFN3O2S/c27-20-6-4-18(5-7-20)26(33)30-13-11-29(12-14-30)24(32)17-31-10-8-23-22(9-15-34-23)25(31)19-2-1-3-21(28)16-19/h1-7,9,15-16,25H,8,10-14,17H2/t25-/m1/s1. The molecule has 2 amide bonds. The highest BCUT2D eigenvalue weighted by Crippen LogP contribution is 2.37. The summed E-state index contributed by atoms with van der Waals surface area (Å²) in [5, 5.41) is 2.66. The van der Waals surface area contributed by atoms with E-state index in [2.05, 4.69) is 16.3 Å². The zero-order chi connectivity index (χ0) is 23.7. The van der Waals surface area contributed by atoms with Crippen molar-refractivity contribution in [1.82, 2.24) is 14.7 Å². The Bertz CT molecular complexity index is 1190. The van der Waals surface area contributed by atoms with E-state index in [9.17, 15) is 14.0 Å². The number of rotatable bonds is 4. The number of carbonyl (C=O) groups is 2. The second kappa shape index (κ2) is 9.86. The third kappa shape index (κ3) is 4.73. The van der Waals surface area contributed by atoms with E-state index in [0.29, 0.717) is 36.8 Å². The van der Waals surface area contributed by atoms with E-state index < -0.39 is 0 Å². The number of carbonyl (C=O) groups excluding carboxylic acids is 2. The lowest BCUT2D eigenvalue weighted by Crippen LogP contribution is -2.53. The van der Waals surface area contributed by atoms with Crippen molar-refractivity contribution in [2.24, 2.45) is 0 Å². The second-order valence-electron chi connectivity index (χ2n) is 8.66. The van der Waals surface area contributed by atoms with Crippen LogP contribution < -0.4 is 0 Å². The number of piperazine rings is 1. The first kappa shape index (κ1) is 23.0. The SMILES string of the molecule is O=C(CN1CCc2sccc2[C@H]1c1cccc(F)c1)N1CCN(C(=O)c2ccc(Cl)cc2)CC1. The summed E-state index contributed by atoms with van der Waals surface area (Å²) in [6.45, 7) is 3.00. The number of hydrogen-bond donors (Lipinski definition) is 0. The Balaban J connectivity index is 1.25. The van der Waals surface area contributed by atoms with Crippen LogP contribution in [0.1, 0.15) is 32.4 Å². The van der Waals surface area contributed by atoms with Gasteiger partial charge in [0.1, 0.15) is 5.82 Å². The van der Waals surface area contributed by atoms with E-state index in [1.807, 2.05) is 11.0 Å². The third-order valence-electron chi connectivity index (χ3n) is 6.58. The molecule has 0 unspecified atom stereocenters. The van der Waals surface area contributed by atoms with Crippen LogP contribution in [0.4, 0.5) is 4.39 Å². The highest BCUT2D eigenvalue weighted by molar-refractivity contribution is 7.10. The first-order valence-electron chi connectivity index (χ1n) is 11.4. The van der Waals surface area contributed by atoms with Crippen molar-refractivity contribution >= 4 is 34.8 Å². The van der Waals surface area contributed by atoms with E-state index in [1.54, 1.807) is 52.6 Å². The fourth-order valence-corrected chi connectivity index (χ4v) is 5.84. The average Bonchev–Trinajstić information content (AvgIpc) is 3.33. The number of fused-ring (bicyclic) bond motifs is 1. The van der Waals surface area contributed by atoms with Crippen LogP contribution in [-0.2, 0) is 11.2 Å². The molecule has 0 radical (unpaired) electrons. The summed E-state index contributed by atoms with van der Waals surface area (Å²) in [6.07, 6.45) is 0.884. The van der Waals surface area contributed by atoms with Crippen LogP contribution in [0, 0.1) is 5.82 Å². The summed E-state index contributed by atoms with van der Waals surface area (Å²) in [4.78, 5) is 33.1. The van der Waals surface area contributed by atoms with E-state index in [4.69, 9.17) is 11.6 Å². The molecule has 3 heterocycles. The molecule has 2 aliphatic rings. The molecule has 5 rings (SSSR count). The number of halogens is 2. The van der Waals surface area contributed by atoms with Crippen molar-refractivity contribution in [2.75, 3.05) is 39.3 Å². The minimum Gasteiger partial charge on any atom is -0.338 e. The maximum atomic E-state index is 14.0. The quantitative estimate of drug-likeness (QED) is 0.534. The summed E-state index contributed by atoms with van der Waals surface area (Å²) in [7, 11) is 0. The predicted molar refractivity (Wildman–Crippen MR) is 132 cm³/mol. The third-order valence-corrected chi connectivity index (χ3v) is 7.83. The Labute approximate surface area is 207 Å². The minimum atomic E-state index is -0.271. The summed E-state index contributed by atoms with van der Waals surface area (Å²) in [5.41, 5.74) is 2.63. The van der Waals surface area contributed by atoms with Gasteiger partial charge in [-0.15, -0.1) is 11.3 Å². The van der Waals surface area contributed by atoms with Gasteiger partial charge >= 0.3 is 0 Å². The molecule has 8 heteroatoms. The fraction of sp³-hybridized carbons (Fsp3) is 0.308. The number of benzene rings is 2. The van der Waals surface area contributed by atoms with Crippen molar-refractivity contribution < 1.29 is 14.0 Å². The molecule has 3 aromatic rings. The van der Waals surface area contributed by atoms with E-state index >= 15 is 0 Å². The molecule has 5 nitrogen and oxygen atoms in total. The van der Waals surface area contributed by atoms with Crippen LogP contribution in [0.5, 0.6) is 0 Å². The van der Waals surface area contributed by atoms with Gasteiger partial charge in [-0.1, -0.05) is 23.7 Å². The van der Waals surface area contributed by atoms with Crippen LogP contribution in [-0.4, -0.2) is 65.8 Å². The van der Waals surface area contributed by atoms with Gasteiger partial charge in [0.2, 0.25) is 5.91 Å². The van der Waals surface area contributed by atoms with Crippen molar-refractivity contribution in [1.29, 1.82) is 0 Å². The van der Waals surface area contributed by atoms with Crippen LogP contribution in [0.3, 0.4) is 0 Å². The lowest BCUT2D eigenvalue weighted by atomic mass is 9.93. The maximum absolute atomic E-state index is 14.0. The van der Waals surface area contributed by atoms with Gasteiger partial charge in [0.05, 0.1) is 12.6 Å². The Kier molecular flexibility index (Phi) is 6.68. The highest BCUT2D eigenvalue weighted by atomic mass is 35.5. The summed E-state index contributed by atoms with van der Waals surface area (Å²) >= 11 is 7.64. The van der Waals surface area contributed by atoms with Gasteiger partial charge in [0, 0.05) is 48.2 Å². The zero-order valence-corrected chi connectivity index (χ0v) is 20.2. The van der Waals surface area contributed by atoms with Crippen LogP contribution in [0.25, 0.3) is 0 Å². The first-order valence-corrected chi connectivity index (χ1v) is 12.6. The Morgan fingerprint density at radius 2 is 1.71 bits per heavy atom. The summed E-state index contributed by atoms with van der Waals surface area (Å²) < 4.78 is 14.0. The van der Waals surface area contributed by atoms with E-state index in [-0.39, 0.29) is 30.2 Å². The lowest BCUT2D eigenvalue weighted by molar-refractivity contribution is -0.134. The Morgan fingerprint density at radius 1 is 0.971 bits per heavy atom. The molecule has 0 N–H and O–H groups in total. The molecular formula is C26H25ClFN3O2S. The van der Waals surface area contributed by atoms with Gasteiger partial charge < -0.3 is 9.80 Å². The monoisotopic (exact) mass is 497 g/mol. The molecule has 0 bridgehead atoms. The van der Waals surface area contributed by atoms with E-state index in [1.165, 1.54) is 10.9 Å². The topological polar surface area (TPSA) is 43.9 Å². The molecule has 2 aromatic carbocycles. The van der Waals surface area contributed by atoms with Crippen molar-refractivity contribution in [3.8, 4) is 0 Å². The van der Waals surface area contributed by atoms with Gasteiger partial charge in [-0.25, -0.2) is 4.39 Å². The molecule has 1 fully saturated rings. The van der Waals surface area contributed by atoms with Gasteiger partial charge in [-0.3, -0.25) is 14.5 Å². The molecule has 0 aliphatic carbocycles. The van der Waals surface area contributed by atoms with Gasteiger partial charge in [0.15, 0.2) is 0 Å². The number of hydrogen-bond acceptors (Lipinski definition) is 4. The molecular weight excluding hydrogens is 473 g/mol. The van der Waals surface area contributed by atoms with Crippen LogP contribution in [0.2, 0.25) is 5.02 Å². The van der Waals surface area contributed by atoms with Gasteiger partial charge in [0.25, 0.3) is 5.91 Å². The lowest BCUT2D eigenvalue weighted by Gasteiger charge is -2.39. The first-order chi connectivity index (χ1) is 16.5. The zero-order valence-electron chi connectivity index (χ0n) is 18.6. The molecule has 1 saturated heterocycles. The number of nitrogens with zero attached hydrogens (tertiary/aromatic N) is 3. The average molecular weight is 498 g/mol. The fourth-order valence-electron chi connectivity index (χ4n) is 4.81. The van der Waals surface area contributed by atoms with Crippen molar-refractivity contribution in [3.63, 3.8) is 0 Å².